The van der Waals surface area contributed by atoms with E-state index in [0.29, 0.717) is 0 Å². The number of hydrogen-bond donors (Lipinski definition) is 1. The van der Waals surface area contributed by atoms with Gasteiger partial charge in [-0.1, -0.05) is 30.3 Å². The molecule has 0 saturated heterocycles. The Balaban J connectivity index is 2.46. The van der Waals surface area contributed by atoms with Crippen LogP contribution >= 0.6 is 0 Å². The molecule has 1 N–H and O–H groups in total. The largest absolute Gasteiger partial charge is 0.372 e. The lowest BCUT2D eigenvalue weighted by molar-refractivity contribution is 1.02. The lowest BCUT2D eigenvalue weighted by Gasteiger charge is -2.05. The molecule has 1 aromatic carbocycles. The molecule has 0 aliphatic heterocycles. The summed E-state index contributed by atoms with van der Waals surface area (Å²) in [5.74, 6) is 0.798. The van der Waals surface area contributed by atoms with E-state index in [1.54, 1.807) is 0 Å². The van der Waals surface area contributed by atoms with Gasteiger partial charge in [0.25, 0.3) is 0 Å². The minimum absolute atomic E-state index is 0.798. The van der Waals surface area contributed by atoms with Crippen LogP contribution in [0.3, 0.4) is 0 Å². The topological polar surface area (TPSA) is 37.8 Å². The number of nitrogens with one attached hydrogen (secondary N) is 1. The Labute approximate surface area is 89.2 Å². The molecule has 0 spiro atoms. The van der Waals surface area contributed by atoms with Crippen LogP contribution in [0.5, 0.6) is 0 Å². The zero-order valence-corrected chi connectivity index (χ0v) is 8.86. The van der Waals surface area contributed by atoms with Gasteiger partial charge in [-0.25, -0.2) is 0 Å². The fourth-order valence-corrected chi connectivity index (χ4v) is 1.49. The van der Waals surface area contributed by atoms with Crippen molar-refractivity contribution in [1.82, 2.24) is 10.2 Å². The molecular weight excluding hydrogens is 186 g/mol. The number of nitrogens with zero attached hydrogens (tertiary/aromatic N) is 2. The summed E-state index contributed by atoms with van der Waals surface area (Å²) >= 11 is 0. The molecule has 3 heteroatoms. The van der Waals surface area contributed by atoms with Gasteiger partial charge < -0.3 is 5.32 Å². The lowest BCUT2D eigenvalue weighted by atomic mass is 10.1. The van der Waals surface area contributed by atoms with Crippen molar-refractivity contribution in [2.75, 3.05) is 12.4 Å². The normalized spacial score (nSPS) is 10.0. The van der Waals surface area contributed by atoms with Gasteiger partial charge >= 0.3 is 0 Å². The molecule has 0 unspecified atom stereocenters. The summed E-state index contributed by atoms with van der Waals surface area (Å²) in [6.07, 6.45) is 0. The molecule has 3 nitrogen and oxygen atoms in total. The summed E-state index contributed by atoms with van der Waals surface area (Å²) in [5, 5.41) is 11.3. The van der Waals surface area contributed by atoms with Crippen molar-refractivity contribution in [2.24, 2.45) is 0 Å². The maximum absolute atomic E-state index is 4.21. The number of hydrogen-bond acceptors (Lipinski definition) is 3. The monoisotopic (exact) mass is 199 g/mol. The van der Waals surface area contributed by atoms with E-state index in [-0.39, 0.29) is 0 Å². The summed E-state index contributed by atoms with van der Waals surface area (Å²) in [5.41, 5.74) is 3.17. The van der Waals surface area contributed by atoms with Crippen LogP contribution in [-0.2, 0) is 0 Å². The third-order valence-electron chi connectivity index (χ3n) is 2.29. The molecule has 0 fully saturated rings. The highest BCUT2D eigenvalue weighted by Crippen LogP contribution is 2.20. The van der Waals surface area contributed by atoms with Gasteiger partial charge in [0.2, 0.25) is 0 Å². The second kappa shape index (κ2) is 4.09. The van der Waals surface area contributed by atoms with Crippen molar-refractivity contribution in [2.45, 2.75) is 6.92 Å². The second-order valence-electron chi connectivity index (χ2n) is 3.38. The number of anilines is 1. The molecule has 0 aliphatic carbocycles. The molecular formula is C12H13N3. The molecule has 0 atom stereocenters. The predicted octanol–water partition coefficient (Wildman–Crippen LogP) is 2.49. The summed E-state index contributed by atoms with van der Waals surface area (Å²) in [4.78, 5) is 0. The van der Waals surface area contributed by atoms with Crippen molar-refractivity contribution in [3.63, 3.8) is 0 Å². The maximum atomic E-state index is 4.21. The van der Waals surface area contributed by atoms with Crippen LogP contribution in [-0.4, -0.2) is 17.2 Å². The fourth-order valence-electron chi connectivity index (χ4n) is 1.49. The number of aryl methyl sites for hydroxylation is 1. The average Bonchev–Trinajstić information content (AvgIpc) is 2.30. The predicted molar refractivity (Wildman–Crippen MR) is 61.8 cm³/mol. The highest BCUT2D eigenvalue weighted by Gasteiger charge is 2.04. The van der Waals surface area contributed by atoms with E-state index < -0.39 is 0 Å². The fraction of sp³-hybridized carbons (Fsp3) is 0.167. The Morgan fingerprint density at radius 2 is 1.80 bits per heavy atom. The van der Waals surface area contributed by atoms with Gasteiger partial charge in [0, 0.05) is 12.6 Å². The lowest BCUT2D eigenvalue weighted by Crippen LogP contribution is -1.98. The first-order valence-electron chi connectivity index (χ1n) is 4.89. The molecule has 1 aromatic heterocycles. The van der Waals surface area contributed by atoms with E-state index >= 15 is 0 Å². The molecule has 2 rings (SSSR count). The van der Waals surface area contributed by atoms with Crippen LogP contribution in [0, 0.1) is 6.92 Å². The van der Waals surface area contributed by atoms with Gasteiger partial charge in [-0.05, 0) is 18.6 Å². The average molecular weight is 199 g/mol. The quantitative estimate of drug-likeness (QED) is 0.807. The van der Waals surface area contributed by atoms with Gasteiger partial charge in [0.15, 0.2) is 0 Å². The van der Waals surface area contributed by atoms with Gasteiger partial charge in [-0.3, -0.25) is 0 Å². The number of aromatic nitrogens is 2. The van der Waals surface area contributed by atoms with Crippen molar-refractivity contribution in [3.8, 4) is 11.3 Å². The third kappa shape index (κ3) is 1.96. The van der Waals surface area contributed by atoms with E-state index in [9.17, 15) is 0 Å². The third-order valence-corrected chi connectivity index (χ3v) is 2.29. The molecule has 0 saturated carbocycles. The minimum atomic E-state index is 0.798. The van der Waals surface area contributed by atoms with E-state index in [1.165, 1.54) is 0 Å². The minimum Gasteiger partial charge on any atom is -0.372 e. The van der Waals surface area contributed by atoms with Gasteiger partial charge in [-0.15, -0.1) is 10.2 Å². The number of benzene rings is 1. The molecule has 76 valence electrons. The maximum Gasteiger partial charge on any atom is 0.148 e. The molecule has 0 aliphatic rings. The van der Waals surface area contributed by atoms with E-state index in [2.05, 4.69) is 15.5 Å². The first-order valence-corrected chi connectivity index (χ1v) is 4.89. The molecule has 2 aromatic rings. The van der Waals surface area contributed by atoms with E-state index in [0.717, 1.165) is 22.6 Å². The Bertz CT molecular complexity index is 452. The summed E-state index contributed by atoms with van der Waals surface area (Å²) in [6.45, 7) is 2.04. The molecule has 0 bridgehead atoms. The Morgan fingerprint density at radius 3 is 2.40 bits per heavy atom. The standard InChI is InChI=1S/C12H13N3/c1-9-8-11(13-2)14-15-12(9)10-6-4-3-5-7-10/h3-8H,1-2H3,(H,13,14). The van der Waals surface area contributed by atoms with Crippen molar-refractivity contribution < 1.29 is 0 Å². The summed E-state index contributed by atoms with van der Waals surface area (Å²) < 4.78 is 0. The van der Waals surface area contributed by atoms with Crippen LogP contribution in [0.1, 0.15) is 5.56 Å². The SMILES string of the molecule is CNc1cc(C)c(-c2ccccc2)nn1. The summed E-state index contributed by atoms with van der Waals surface area (Å²) in [6, 6.07) is 12.1. The highest BCUT2D eigenvalue weighted by molar-refractivity contribution is 5.63. The second-order valence-corrected chi connectivity index (χ2v) is 3.38. The highest BCUT2D eigenvalue weighted by atomic mass is 15.2. The first-order chi connectivity index (χ1) is 7.31. The summed E-state index contributed by atoms with van der Waals surface area (Å²) in [7, 11) is 1.84. The zero-order chi connectivity index (χ0) is 10.7. The van der Waals surface area contributed by atoms with Crippen LogP contribution in [0.25, 0.3) is 11.3 Å². The molecule has 1 heterocycles. The molecule has 0 radical (unpaired) electrons. The zero-order valence-electron chi connectivity index (χ0n) is 8.86. The van der Waals surface area contributed by atoms with Gasteiger partial charge in [0.05, 0.1) is 5.69 Å². The van der Waals surface area contributed by atoms with E-state index in [1.807, 2.05) is 50.4 Å². The van der Waals surface area contributed by atoms with Gasteiger partial charge in [-0.2, -0.15) is 0 Å². The van der Waals surface area contributed by atoms with Crippen molar-refractivity contribution >= 4 is 5.82 Å². The number of rotatable bonds is 2. The smallest absolute Gasteiger partial charge is 0.148 e. The Kier molecular flexibility index (Phi) is 2.63. The van der Waals surface area contributed by atoms with Crippen molar-refractivity contribution in [1.29, 1.82) is 0 Å². The van der Waals surface area contributed by atoms with Gasteiger partial charge in [0.1, 0.15) is 5.82 Å². The Morgan fingerprint density at radius 1 is 1.07 bits per heavy atom. The van der Waals surface area contributed by atoms with Crippen molar-refractivity contribution in [3.05, 3.63) is 42.0 Å². The van der Waals surface area contributed by atoms with E-state index in [4.69, 9.17) is 0 Å². The van der Waals surface area contributed by atoms with Crippen LogP contribution in [0.4, 0.5) is 5.82 Å². The molecule has 15 heavy (non-hydrogen) atoms. The van der Waals surface area contributed by atoms with Crippen LogP contribution < -0.4 is 5.32 Å². The molecule has 0 amide bonds. The van der Waals surface area contributed by atoms with Crippen LogP contribution in [0.2, 0.25) is 0 Å². The van der Waals surface area contributed by atoms with Crippen LogP contribution in [0.15, 0.2) is 36.4 Å². The Hall–Kier alpha value is -1.90. The first kappa shape index (κ1) is 9.65.